The minimum atomic E-state index is -4.63. The summed E-state index contributed by atoms with van der Waals surface area (Å²) >= 11 is 0. The molecule has 2 atom stereocenters. The summed E-state index contributed by atoms with van der Waals surface area (Å²) in [6, 6.07) is 7.02. The van der Waals surface area contributed by atoms with Gasteiger partial charge in [-0.15, -0.1) is 0 Å². The fourth-order valence-electron chi connectivity index (χ4n) is 4.81. The monoisotopic (exact) mass is 447 g/mol. The number of aliphatic hydroxyl groups is 1. The molecule has 3 heterocycles. The van der Waals surface area contributed by atoms with Gasteiger partial charge in [0.2, 0.25) is 0 Å². The molecule has 2 fully saturated rings. The van der Waals surface area contributed by atoms with Crippen molar-refractivity contribution >= 4 is 11.6 Å². The Labute approximate surface area is 183 Å². The standard InChI is InChI=1S/C22H24F3N5O2/c1-14-7-19(27-28(14)2)20(32)29-6-5-21(13-31)12-30(11-16(21)10-29)17-4-3-15(9-26)18(8-17)22(23,24)25/h3-4,7-8,16,31H,5-6,10-13H2,1-2H3/t16-,21+/m1/s1. The van der Waals surface area contributed by atoms with Gasteiger partial charge in [0.15, 0.2) is 5.69 Å². The summed E-state index contributed by atoms with van der Waals surface area (Å²) in [5, 5.41) is 23.5. The molecule has 1 aromatic heterocycles. The molecule has 2 saturated heterocycles. The average Bonchev–Trinajstić information content (AvgIpc) is 3.32. The molecular formula is C22H24F3N5O2. The maximum Gasteiger partial charge on any atom is 0.417 e. The first kappa shape index (κ1) is 22.1. The minimum absolute atomic E-state index is 0.0972. The molecule has 1 N–H and O–H groups in total. The number of rotatable bonds is 3. The van der Waals surface area contributed by atoms with Crippen molar-refractivity contribution in [2.45, 2.75) is 19.5 Å². The molecule has 2 aliphatic rings. The molecule has 1 aromatic carbocycles. The van der Waals surface area contributed by atoms with Crippen LogP contribution < -0.4 is 4.90 Å². The molecular weight excluding hydrogens is 423 g/mol. The van der Waals surface area contributed by atoms with Crippen LogP contribution in [0.5, 0.6) is 0 Å². The first-order chi connectivity index (χ1) is 15.1. The molecule has 32 heavy (non-hydrogen) atoms. The smallest absolute Gasteiger partial charge is 0.396 e. The van der Waals surface area contributed by atoms with Gasteiger partial charge in [-0.05, 0) is 37.6 Å². The van der Waals surface area contributed by atoms with Crippen LogP contribution >= 0.6 is 0 Å². The van der Waals surface area contributed by atoms with E-state index in [4.69, 9.17) is 5.26 Å². The second-order valence-electron chi connectivity index (χ2n) is 8.73. The molecule has 170 valence electrons. The van der Waals surface area contributed by atoms with Gasteiger partial charge in [-0.2, -0.15) is 23.5 Å². The third-order valence-corrected chi connectivity index (χ3v) is 6.86. The van der Waals surface area contributed by atoms with Gasteiger partial charge in [-0.3, -0.25) is 9.48 Å². The van der Waals surface area contributed by atoms with E-state index in [0.717, 1.165) is 11.8 Å². The molecule has 0 spiro atoms. The maximum atomic E-state index is 13.4. The van der Waals surface area contributed by atoms with Crippen LogP contribution in [0.2, 0.25) is 0 Å². The zero-order chi connectivity index (χ0) is 23.3. The fourth-order valence-corrected chi connectivity index (χ4v) is 4.81. The highest BCUT2D eigenvalue weighted by Crippen LogP contribution is 2.45. The molecule has 0 unspecified atom stereocenters. The third-order valence-electron chi connectivity index (χ3n) is 6.86. The van der Waals surface area contributed by atoms with Crippen molar-refractivity contribution < 1.29 is 23.1 Å². The number of nitrogens with zero attached hydrogens (tertiary/aromatic N) is 5. The molecule has 2 aromatic rings. The average molecular weight is 447 g/mol. The van der Waals surface area contributed by atoms with Crippen LogP contribution in [0.4, 0.5) is 18.9 Å². The Morgan fingerprint density at radius 2 is 2.09 bits per heavy atom. The van der Waals surface area contributed by atoms with Crippen LogP contribution in [-0.2, 0) is 13.2 Å². The van der Waals surface area contributed by atoms with Crippen molar-refractivity contribution in [1.29, 1.82) is 5.26 Å². The highest BCUT2D eigenvalue weighted by Gasteiger charge is 2.50. The lowest BCUT2D eigenvalue weighted by Crippen LogP contribution is -2.50. The summed E-state index contributed by atoms with van der Waals surface area (Å²) in [4.78, 5) is 16.5. The maximum absolute atomic E-state index is 13.4. The second kappa shape index (κ2) is 7.81. The first-order valence-electron chi connectivity index (χ1n) is 10.3. The summed E-state index contributed by atoms with van der Waals surface area (Å²) in [5.74, 6) is -0.281. The van der Waals surface area contributed by atoms with Gasteiger partial charge < -0.3 is 14.9 Å². The predicted molar refractivity (Wildman–Crippen MR) is 110 cm³/mol. The summed E-state index contributed by atoms with van der Waals surface area (Å²) in [6.45, 7) is 3.39. The molecule has 7 nitrogen and oxygen atoms in total. The normalized spacial score (nSPS) is 23.2. The number of fused-ring (bicyclic) bond motifs is 1. The molecule has 0 bridgehead atoms. The molecule has 0 aliphatic carbocycles. The highest BCUT2D eigenvalue weighted by atomic mass is 19.4. The van der Waals surface area contributed by atoms with E-state index in [1.807, 2.05) is 11.8 Å². The number of benzene rings is 1. The van der Waals surface area contributed by atoms with E-state index in [9.17, 15) is 23.1 Å². The van der Waals surface area contributed by atoms with Gasteiger partial charge in [0.1, 0.15) is 0 Å². The zero-order valence-corrected chi connectivity index (χ0v) is 17.9. The molecule has 10 heteroatoms. The van der Waals surface area contributed by atoms with Crippen LogP contribution in [0, 0.1) is 29.6 Å². The number of alkyl halides is 3. The third kappa shape index (κ3) is 3.71. The van der Waals surface area contributed by atoms with Crippen molar-refractivity contribution in [2.75, 3.05) is 37.7 Å². The zero-order valence-electron chi connectivity index (χ0n) is 17.9. The molecule has 0 saturated carbocycles. The molecule has 0 radical (unpaired) electrons. The minimum Gasteiger partial charge on any atom is -0.396 e. The van der Waals surface area contributed by atoms with Crippen molar-refractivity contribution in [1.82, 2.24) is 14.7 Å². The molecule has 2 aliphatic heterocycles. The summed E-state index contributed by atoms with van der Waals surface area (Å²) in [6.07, 6.45) is -4.09. The number of carbonyl (C=O) groups excluding carboxylic acids is 1. The SMILES string of the molecule is Cc1cc(C(=O)N2CC[C@@]3(CO)CN(c4ccc(C#N)c(C(F)(F)F)c4)C[C@H]3C2)nn1C. The van der Waals surface area contributed by atoms with E-state index in [2.05, 4.69) is 5.10 Å². The Kier molecular flexibility index (Phi) is 5.41. The predicted octanol–water partition coefficient (Wildman–Crippen LogP) is 2.58. The molecule has 1 amide bonds. The van der Waals surface area contributed by atoms with Gasteiger partial charge in [0, 0.05) is 55.9 Å². The van der Waals surface area contributed by atoms with Crippen LogP contribution in [0.15, 0.2) is 24.3 Å². The van der Waals surface area contributed by atoms with Crippen molar-refractivity contribution in [2.24, 2.45) is 18.4 Å². The van der Waals surface area contributed by atoms with Crippen LogP contribution in [0.1, 0.15) is 33.7 Å². The van der Waals surface area contributed by atoms with Crippen molar-refractivity contribution in [3.8, 4) is 6.07 Å². The van der Waals surface area contributed by atoms with Gasteiger partial charge >= 0.3 is 6.18 Å². The number of hydrogen-bond acceptors (Lipinski definition) is 5. The van der Waals surface area contributed by atoms with E-state index >= 15 is 0 Å². The van der Waals surface area contributed by atoms with Gasteiger partial charge in [-0.1, -0.05) is 0 Å². The number of aliphatic hydroxyl groups excluding tert-OH is 1. The van der Waals surface area contributed by atoms with Crippen molar-refractivity contribution in [3.05, 3.63) is 46.8 Å². The lowest BCUT2D eigenvalue weighted by molar-refractivity contribution is -0.137. The van der Waals surface area contributed by atoms with E-state index in [-0.39, 0.29) is 18.4 Å². The summed E-state index contributed by atoms with van der Waals surface area (Å²) < 4.78 is 41.9. The van der Waals surface area contributed by atoms with E-state index in [0.29, 0.717) is 44.0 Å². The van der Waals surface area contributed by atoms with Crippen LogP contribution in [-0.4, -0.2) is 58.5 Å². The highest BCUT2D eigenvalue weighted by molar-refractivity contribution is 5.92. The van der Waals surface area contributed by atoms with E-state index in [1.54, 1.807) is 28.8 Å². The van der Waals surface area contributed by atoms with Gasteiger partial charge in [0.25, 0.3) is 5.91 Å². The molecule has 4 rings (SSSR count). The number of likely N-dealkylation sites (tertiary alicyclic amines) is 1. The van der Waals surface area contributed by atoms with Crippen molar-refractivity contribution in [3.63, 3.8) is 0 Å². The Morgan fingerprint density at radius 3 is 2.69 bits per heavy atom. The second-order valence-corrected chi connectivity index (χ2v) is 8.73. The number of nitriles is 1. The number of aromatic nitrogens is 2. The fraction of sp³-hybridized carbons (Fsp3) is 0.500. The number of hydrogen-bond donors (Lipinski definition) is 1. The van der Waals surface area contributed by atoms with E-state index < -0.39 is 22.7 Å². The van der Waals surface area contributed by atoms with Crippen LogP contribution in [0.3, 0.4) is 0 Å². The largest absolute Gasteiger partial charge is 0.417 e. The number of halogens is 3. The quantitative estimate of drug-likeness (QED) is 0.782. The number of carbonyl (C=O) groups is 1. The summed E-state index contributed by atoms with van der Waals surface area (Å²) in [5.41, 5.74) is -0.299. The van der Waals surface area contributed by atoms with E-state index in [1.165, 1.54) is 12.1 Å². The summed E-state index contributed by atoms with van der Waals surface area (Å²) in [7, 11) is 1.76. The number of amides is 1. The Balaban J connectivity index is 1.57. The Morgan fingerprint density at radius 1 is 1.34 bits per heavy atom. The number of aryl methyl sites for hydroxylation is 2. The topological polar surface area (TPSA) is 85.4 Å². The Bertz CT molecular complexity index is 1070. The van der Waals surface area contributed by atoms with Crippen LogP contribution in [0.25, 0.3) is 0 Å². The number of piperidine rings is 1. The lowest BCUT2D eigenvalue weighted by Gasteiger charge is -2.42. The van der Waals surface area contributed by atoms with Gasteiger partial charge in [-0.25, -0.2) is 0 Å². The lowest BCUT2D eigenvalue weighted by atomic mass is 9.73. The number of anilines is 1. The Hall–Kier alpha value is -3.06. The van der Waals surface area contributed by atoms with Gasteiger partial charge in [0.05, 0.1) is 23.8 Å². The first-order valence-corrected chi connectivity index (χ1v) is 10.3.